The monoisotopic (exact) mass is 231 g/mol. The summed E-state index contributed by atoms with van der Waals surface area (Å²) in [5.41, 5.74) is 1.33. The minimum atomic E-state index is -0.167. The average molecular weight is 231 g/mol. The summed E-state index contributed by atoms with van der Waals surface area (Å²) in [6, 6.07) is 7.01. The van der Waals surface area contributed by atoms with E-state index in [9.17, 15) is 10.2 Å². The molecule has 90 valence electrons. The number of hydrogen-bond donors (Lipinski definition) is 2. The zero-order valence-electron chi connectivity index (χ0n) is 10.3. The molecule has 2 aromatic rings. The van der Waals surface area contributed by atoms with E-state index in [0.717, 1.165) is 5.56 Å². The quantitative estimate of drug-likeness (QED) is 0.791. The highest BCUT2D eigenvalue weighted by Gasteiger charge is 2.20. The summed E-state index contributed by atoms with van der Waals surface area (Å²) in [5.74, 6) is 0.206. The van der Waals surface area contributed by atoms with Crippen LogP contribution in [0.4, 0.5) is 0 Å². The number of aromatic nitrogens is 1. The van der Waals surface area contributed by atoms with Crippen molar-refractivity contribution in [2.24, 2.45) is 0 Å². The van der Waals surface area contributed by atoms with Crippen LogP contribution >= 0.6 is 0 Å². The molecule has 3 heteroatoms. The van der Waals surface area contributed by atoms with Gasteiger partial charge in [-0.05, 0) is 23.6 Å². The first-order valence-corrected chi connectivity index (χ1v) is 5.59. The lowest BCUT2D eigenvalue weighted by atomic mass is 9.86. The normalized spacial score (nSPS) is 11.7. The number of phenolic OH excluding ortho intramolecular Hbond substituents is 2. The third-order valence-corrected chi connectivity index (χ3v) is 2.78. The maximum Gasteiger partial charge on any atom is 0.143 e. The van der Waals surface area contributed by atoms with E-state index in [1.807, 2.05) is 55.9 Å². The van der Waals surface area contributed by atoms with Gasteiger partial charge in [0.05, 0.1) is 5.69 Å². The van der Waals surface area contributed by atoms with Crippen LogP contribution in [0.25, 0.3) is 5.69 Å². The Morgan fingerprint density at radius 3 is 2.06 bits per heavy atom. The van der Waals surface area contributed by atoms with E-state index in [1.54, 1.807) is 0 Å². The van der Waals surface area contributed by atoms with Crippen molar-refractivity contribution in [1.82, 2.24) is 4.57 Å². The molecule has 2 rings (SSSR count). The second-order valence-electron chi connectivity index (χ2n) is 5.20. The minimum absolute atomic E-state index is 0.0756. The summed E-state index contributed by atoms with van der Waals surface area (Å²) in [5, 5.41) is 19.8. The van der Waals surface area contributed by atoms with Crippen LogP contribution in [0, 0.1) is 0 Å². The van der Waals surface area contributed by atoms with Gasteiger partial charge in [-0.2, -0.15) is 0 Å². The summed E-state index contributed by atoms with van der Waals surface area (Å²) in [7, 11) is 0. The van der Waals surface area contributed by atoms with Gasteiger partial charge in [0, 0.05) is 24.0 Å². The fourth-order valence-electron chi connectivity index (χ4n) is 1.87. The Morgan fingerprint density at radius 2 is 1.53 bits per heavy atom. The molecule has 0 saturated carbocycles. The second-order valence-corrected chi connectivity index (χ2v) is 5.20. The molecule has 0 unspecified atom stereocenters. The molecule has 1 aromatic heterocycles. The molecule has 0 spiro atoms. The molecule has 0 fully saturated rings. The highest BCUT2D eigenvalue weighted by Crippen LogP contribution is 2.36. The molecule has 1 aromatic carbocycles. The summed E-state index contributed by atoms with van der Waals surface area (Å²) in [6.07, 6.45) is 3.72. The van der Waals surface area contributed by atoms with Crippen molar-refractivity contribution >= 4 is 0 Å². The Bertz CT molecular complexity index is 522. The van der Waals surface area contributed by atoms with E-state index in [1.165, 1.54) is 6.07 Å². The predicted molar refractivity (Wildman–Crippen MR) is 67.8 cm³/mol. The molecule has 1 heterocycles. The van der Waals surface area contributed by atoms with Crippen molar-refractivity contribution in [2.75, 3.05) is 0 Å². The summed E-state index contributed by atoms with van der Waals surface area (Å²) in [6.45, 7) is 6.08. The van der Waals surface area contributed by atoms with Crippen LogP contribution in [0.15, 0.2) is 36.7 Å². The molecular formula is C14H17NO2. The third kappa shape index (κ3) is 2.13. The van der Waals surface area contributed by atoms with Crippen LogP contribution in [0.3, 0.4) is 0 Å². The lowest BCUT2D eigenvalue weighted by Crippen LogP contribution is -2.12. The number of phenols is 2. The number of benzene rings is 1. The Morgan fingerprint density at radius 1 is 0.941 bits per heavy atom. The Hall–Kier alpha value is -1.90. The topological polar surface area (TPSA) is 45.4 Å². The van der Waals surface area contributed by atoms with E-state index < -0.39 is 0 Å². The predicted octanol–water partition coefficient (Wildman–Crippen LogP) is 3.19. The zero-order valence-corrected chi connectivity index (χ0v) is 10.3. The largest absolute Gasteiger partial charge is 0.508 e. The van der Waals surface area contributed by atoms with Crippen LogP contribution in [-0.4, -0.2) is 14.8 Å². The van der Waals surface area contributed by atoms with E-state index >= 15 is 0 Å². The lowest BCUT2D eigenvalue weighted by molar-refractivity contribution is 0.430. The van der Waals surface area contributed by atoms with Crippen LogP contribution < -0.4 is 0 Å². The van der Waals surface area contributed by atoms with Crippen LogP contribution in [-0.2, 0) is 5.41 Å². The molecule has 0 aliphatic carbocycles. The Balaban J connectivity index is 2.62. The number of aromatic hydroxyl groups is 2. The van der Waals surface area contributed by atoms with Gasteiger partial charge < -0.3 is 14.8 Å². The van der Waals surface area contributed by atoms with E-state index in [0.29, 0.717) is 5.69 Å². The zero-order chi connectivity index (χ0) is 12.6. The molecular weight excluding hydrogens is 214 g/mol. The molecule has 0 radical (unpaired) electrons. The first-order valence-electron chi connectivity index (χ1n) is 5.59. The summed E-state index contributed by atoms with van der Waals surface area (Å²) in [4.78, 5) is 0. The van der Waals surface area contributed by atoms with Gasteiger partial charge in [0.15, 0.2) is 0 Å². The molecule has 17 heavy (non-hydrogen) atoms. The van der Waals surface area contributed by atoms with Gasteiger partial charge in [0.2, 0.25) is 0 Å². The molecule has 0 amide bonds. The fraction of sp³-hybridized carbons (Fsp3) is 0.286. The van der Waals surface area contributed by atoms with Gasteiger partial charge in [-0.1, -0.05) is 20.8 Å². The number of rotatable bonds is 1. The van der Waals surface area contributed by atoms with Crippen molar-refractivity contribution in [3.63, 3.8) is 0 Å². The molecule has 0 saturated heterocycles. The fourth-order valence-corrected chi connectivity index (χ4v) is 1.87. The Kier molecular flexibility index (Phi) is 2.62. The van der Waals surface area contributed by atoms with E-state index in [4.69, 9.17) is 0 Å². The highest BCUT2D eigenvalue weighted by atomic mass is 16.3. The van der Waals surface area contributed by atoms with Crippen molar-refractivity contribution in [3.05, 3.63) is 42.2 Å². The lowest BCUT2D eigenvalue weighted by Gasteiger charge is -2.22. The minimum Gasteiger partial charge on any atom is -0.508 e. The maximum absolute atomic E-state index is 9.88. The Labute approximate surface area is 101 Å². The van der Waals surface area contributed by atoms with Crippen molar-refractivity contribution in [3.8, 4) is 17.2 Å². The first-order chi connectivity index (χ1) is 7.89. The van der Waals surface area contributed by atoms with Gasteiger partial charge in [0.25, 0.3) is 0 Å². The van der Waals surface area contributed by atoms with Gasteiger partial charge >= 0.3 is 0 Å². The van der Waals surface area contributed by atoms with Crippen LogP contribution in [0.1, 0.15) is 26.3 Å². The average Bonchev–Trinajstić information content (AvgIpc) is 2.68. The molecule has 0 aliphatic rings. The number of hydrogen-bond acceptors (Lipinski definition) is 2. The summed E-state index contributed by atoms with van der Waals surface area (Å²) >= 11 is 0. The third-order valence-electron chi connectivity index (χ3n) is 2.78. The van der Waals surface area contributed by atoms with Crippen molar-refractivity contribution in [1.29, 1.82) is 0 Å². The van der Waals surface area contributed by atoms with Crippen LogP contribution in [0.2, 0.25) is 0 Å². The molecule has 3 nitrogen and oxygen atoms in total. The molecule has 2 N–H and O–H groups in total. The maximum atomic E-state index is 9.88. The standard InChI is InChI=1S/C14H17NO2/c1-14(2,3)10-8-11(13(17)9-12(10)16)15-6-4-5-7-15/h4-9,16-17H,1-3H3. The summed E-state index contributed by atoms with van der Waals surface area (Å²) < 4.78 is 1.82. The highest BCUT2D eigenvalue weighted by molar-refractivity contribution is 5.55. The molecule has 0 aliphatic heterocycles. The van der Waals surface area contributed by atoms with Gasteiger partial charge in [0.1, 0.15) is 11.5 Å². The SMILES string of the molecule is CC(C)(C)c1cc(-n2cccc2)c(O)cc1O. The smallest absolute Gasteiger partial charge is 0.143 e. The van der Waals surface area contributed by atoms with Crippen molar-refractivity contribution < 1.29 is 10.2 Å². The van der Waals surface area contributed by atoms with Crippen LogP contribution in [0.5, 0.6) is 11.5 Å². The van der Waals surface area contributed by atoms with Gasteiger partial charge in [-0.25, -0.2) is 0 Å². The van der Waals surface area contributed by atoms with Gasteiger partial charge in [-0.3, -0.25) is 0 Å². The number of nitrogens with zero attached hydrogens (tertiary/aromatic N) is 1. The molecule has 0 atom stereocenters. The molecule has 0 bridgehead atoms. The van der Waals surface area contributed by atoms with E-state index in [-0.39, 0.29) is 16.9 Å². The van der Waals surface area contributed by atoms with Gasteiger partial charge in [-0.15, -0.1) is 0 Å². The van der Waals surface area contributed by atoms with E-state index in [2.05, 4.69) is 0 Å². The first kappa shape index (κ1) is 11.6. The second kappa shape index (κ2) is 3.84. The van der Waals surface area contributed by atoms with Crippen molar-refractivity contribution in [2.45, 2.75) is 26.2 Å².